The third-order valence-corrected chi connectivity index (χ3v) is 7.02. The van der Waals surface area contributed by atoms with E-state index in [4.69, 9.17) is 18.9 Å². The van der Waals surface area contributed by atoms with Crippen molar-refractivity contribution in [2.24, 2.45) is 11.8 Å². The molecule has 0 aliphatic carbocycles. The van der Waals surface area contributed by atoms with Gasteiger partial charge >= 0.3 is 0 Å². The van der Waals surface area contributed by atoms with Gasteiger partial charge in [-0.15, -0.1) is 0 Å². The second-order valence-electron chi connectivity index (χ2n) is 9.22. The summed E-state index contributed by atoms with van der Waals surface area (Å²) in [6.07, 6.45) is 0.282. The van der Waals surface area contributed by atoms with Crippen LogP contribution in [0.1, 0.15) is 5.56 Å². The molecule has 196 valence electrons. The normalized spacial score (nSPS) is 17.1. The van der Waals surface area contributed by atoms with E-state index in [2.05, 4.69) is 11.4 Å². The number of fused-ring (bicyclic) bond motifs is 1. The number of benzene rings is 3. The van der Waals surface area contributed by atoms with Crippen molar-refractivity contribution >= 4 is 22.6 Å². The van der Waals surface area contributed by atoms with Crippen molar-refractivity contribution in [1.29, 1.82) is 0 Å². The van der Waals surface area contributed by atoms with Crippen LogP contribution in [0.4, 0.5) is 0 Å². The lowest BCUT2D eigenvalue weighted by molar-refractivity contribution is -0.130. The zero-order chi connectivity index (χ0) is 26.5. The first-order valence-electron chi connectivity index (χ1n) is 12.2. The minimum absolute atomic E-state index is 0.000808. The van der Waals surface area contributed by atoms with Crippen molar-refractivity contribution < 1.29 is 28.5 Å². The van der Waals surface area contributed by atoms with Crippen LogP contribution >= 0.6 is 0 Å². The lowest BCUT2D eigenvalue weighted by atomic mass is 9.96. The molecule has 8 heteroatoms. The second kappa shape index (κ2) is 11.5. The molecule has 0 radical (unpaired) electrons. The molecule has 0 saturated carbocycles. The van der Waals surface area contributed by atoms with E-state index in [1.165, 1.54) is 0 Å². The van der Waals surface area contributed by atoms with Gasteiger partial charge in [-0.3, -0.25) is 9.59 Å². The average Bonchev–Trinajstić information content (AvgIpc) is 3.35. The van der Waals surface area contributed by atoms with Crippen molar-refractivity contribution in [3.8, 4) is 28.4 Å². The molecule has 1 aliphatic rings. The molecule has 0 aromatic heterocycles. The molecule has 2 atom stereocenters. The number of hydrogen-bond acceptors (Lipinski definition) is 6. The average molecular weight is 507 g/mol. The number of nitrogens with zero attached hydrogens (tertiary/aromatic N) is 1. The quantitative estimate of drug-likeness (QED) is 0.478. The fraction of sp³-hybridized carbons (Fsp3) is 0.379. The van der Waals surface area contributed by atoms with Crippen LogP contribution in [0, 0.1) is 11.8 Å². The van der Waals surface area contributed by atoms with Crippen LogP contribution in [-0.4, -0.2) is 71.9 Å². The van der Waals surface area contributed by atoms with Crippen LogP contribution in [0.2, 0.25) is 0 Å². The Morgan fingerprint density at radius 1 is 0.865 bits per heavy atom. The maximum Gasteiger partial charge on any atom is 0.227 e. The summed E-state index contributed by atoms with van der Waals surface area (Å²) in [5.41, 5.74) is 2.89. The van der Waals surface area contributed by atoms with Gasteiger partial charge in [-0.05, 0) is 45.7 Å². The Morgan fingerprint density at radius 2 is 1.54 bits per heavy atom. The SMILES string of the molecule is CNC(=O)C1CN(C(=O)Cc2ccc3cc(-c4cc(OC)c(OC)c(OC)c4)ccc3c2)CC1COC. The van der Waals surface area contributed by atoms with Crippen LogP contribution in [-0.2, 0) is 20.7 Å². The van der Waals surface area contributed by atoms with E-state index in [0.717, 1.165) is 27.5 Å². The number of carbonyl (C=O) groups is 2. The van der Waals surface area contributed by atoms with Crippen molar-refractivity contribution in [2.45, 2.75) is 6.42 Å². The highest BCUT2D eigenvalue weighted by Gasteiger charge is 2.39. The Bertz CT molecular complexity index is 1270. The zero-order valence-corrected chi connectivity index (χ0v) is 22.0. The summed E-state index contributed by atoms with van der Waals surface area (Å²) in [7, 11) is 8.03. The maximum atomic E-state index is 13.1. The summed E-state index contributed by atoms with van der Waals surface area (Å²) < 4.78 is 21.7. The fourth-order valence-electron chi connectivity index (χ4n) is 5.06. The number of methoxy groups -OCH3 is 4. The summed E-state index contributed by atoms with van der Waals surface area (Å²) in [6.45, 7) is 1.39. The molecule has 1 N–H and O–H groups in total. The number of hydrogen-bond donors (Lipinski definition) is 1. The molecule has 8 nitrogen and oxygen atoms in total. The summed E-state index contributed by atoms with van der Waals surface area (Å²) in [6, 6.07) is 16.1. The number of amides is 2. The van der Waals surface area contributed by atoms with Gasteiger partial charge in [0.05, 0.1) is 40.3 Å². The third-order valence-electron chi connectivity index (χ3n) is 7.02. The molecule has 0 spiro atoms. The van der Waals surface area contributed by atoms with E-state index in [0.29, 0.717) is 36.9 Å². The number of carbonyl (C=O) groups excluding carboxylic acids is 2. The predicted molar refractivity (Wildman–Crippen MR) is 142 cm³/mol. The topological polar surface area (TPSA) is 86.3 Å². The van der Waals surface area contributed by atoms with E-state index in [1.807, 2.05) is 42.5 Å². The second-order valence-corrected chi connectivity index (χ2v) is 9.22. The van der Waals surface area contributed by atoms with E-state index in [-0.39, 0.29) is 30.1 Å². The maximum absolute atomic E-state index is 13.1. The van der Waals surface area contributed by atoms with Gasteiger partial charge in [-0.2, -0.15) is 0 Å². The lowest BCUT2D eigenvalue weighted by Crippen LogP contribution is -2.35. The van der Waals surface area contributed by atoms with Crippen molar-refractivity contribution in [3.05, 3.63) is 54.1 Å². The van der Waals surface area contributed by atoms with E-state index >= 15 is 0 Å². The lowest BCUT2D eigenvalue weighted by Gasteiger charge is -2.17. The van der Waals surface area contributed by atoms with Crippen LogP contribution in [0.25, 0.3) is 21.9 Å². The van der Waals surface area contributed by atoms with Crippen LogP contribution in [0.3, 0.4) is 0 Å². The Balaban J connectivity index is 1.53. The molecule has 1 saturated heterocycles. The fourth-order valence-corrected chi connectivity index (χ4v) is 5.06. The highest BCUT2D eigenvalue weighted by molar-refractivity contribution is 5.90. The van der Waals surface area contributed by atoms with E-state index in [9.17, 15) is 9.59 Å². The smallest absolute Gasteiger partial charge is 0.227 e. The molecule has 1 aliphatic heterocycles. The van der Waals surface area contributed by atoms with Gasteiger partial charge in [-0.25, -0.2) is 0 Å². The molecule has 1 heterocycles. The summed E-state index contributed by atoms with van der Waals surface area (Å²) in [4.78, 5) is 27.1. The minimum atomic E-state index is -0.251. The van der Waals surface area contributed by atoms with E-state index < -0.39 is 0 Å². The predicted octanol–water partition coefficient (Wildman–Crippen LogP) is 3.54. The van der Waals surface area contributed by atoms with Crippen LogP contribution in [0.5, 0.6) is 17.2 Å². The first kappa shape index (κ1) is 26.3. The molecule has 2 unspecified atom stereocenters. The zero-order valence-electron chi connectivity index (χ0n) is 22.0. The molecule has 3 aromatic rings. The number of ether oxygens (including phenoxy) is 4. The van der Waals surface area contributed by atoms with Gasteiger partial charge in [0.25, 0.3) is 0 Å². The van der Waals surface area contributed by atoms with Crippen LogP contribution < -0.4 is 19.5 Å². The Kier molecular flexibility index (Phi) is 8.18. The summed E-state index contributed by atoms with van der Waals surface area (Å²) >= 11 is 0. The first-order chi connectivity index (χ1) is 17.9. The number of nitrogens with one attached hydrogen (secondary N) is 1. The van der Waals surface area contributed by atoms with Crippen molar-refractivity contribution in [2.75, 3.05) is 55.2 Å². The molecule has 3 aromatic carbocycles. The van der Waals surface area contributed by atoms with Gasteiger partial charge in [0.1, 0.15) is 0 Å². The molecule has 4 rings (SSSR count). The number of likely N-dealkylation sites (tertiary alicyclic amines) is 1. The highest BCUT2D eigenvalue weighted by Crippen LogP contribution is 2.41. The Labute approximate surface area is 217 Å². The van der Waals surface area contributed by atoms with Gasteiger partial charge in [0.15, 0.2) is 11.5 Å². The standard InChI is InChI=1S/C29H34N2O6/c1-30-29(33)24-16-31(15-23(24)17-34-2)27(32)11-18-6-7-20-12-21(9-8-19(20)10-18)22-13-25(35-3)28(37-5)26(14-22)36-4/h6-10,12-14,23-24H,11,15-17H2,1-5H3,(H,30,33). The van der Waals surface area contributed by atoms with Gasteiger partial charge < -0.3 is 29.2 Å². The summed E-state index contributed by atoms with van der Waals surface area (Å²) in [5, 5.41) is 4.81. The molecule has 37 heavy (non-hydrogen) atoms. The Hall–Kier alpha value is -3.78. The summed E-state index contributed by atoms with van der Waals surface area (Å²) in [5.74, 6) is 1.46. The highest BCUT2D eigenvalue weighted by atomic mass is 16.5. The monoisotopic (exact) mass is 506 g/mol. The molecule has 0 bridgehead atoms. The third kappa shape index (κ3) is 5.49. The molecule has 1 fully saturated rings. The molecular formula is C29H34N2O6. The molecular weight excluding hydrogens is 472 g/mol. The molecule has 2 amide bonds. The van der Waals surface area contributed by atoms with Crippen molar-refractivity contribution in [3.63, 3.8) is 0 Å². The number of rotatable bonds is 9. The Morgan fingerprint density at radius 3 is 2.16 bits per heavy atom. The van der Waals surface area contributed by atoms with Gasteiger partial charge in [0.2, 0.25) is 17.6 Å². The van der Waals surface area contributed by atoms with Gasteiger partial charge in [-0.1, -0.05) is 30.3 Å². The van der Waals surface area contributed by atoms with Crippen LogP contribution in [0.15, 0.2) is 48.5 Å². The van der Waals surface area contributed by atoms with E-state index in [1.54, 1.807) is 40.4 Å². The first-order valence-corrected chi connectivity index (χ1v) is 12.2. The van der Waals surface area contributed by atoms with Crippen molar-refractivity contribution in [1.82, 2.24) is 10.2 Å². The van der Waals surface area contributed by atoms with Gasteiger partial charge in [0, 0.05) is 33.2 Å². The minimum Gasteiger partial charge on any atom is -0.493 e. The largest absolute Gasteiger partial charge is 0.493 e.